The van der Waals surface area contributed by atoms with Gasteiger partial charge in [-0.25, -0.2) is 13.1 Å². The van der Waals surface area contributed by atoms with E-state index < -0.39 is 10.0 Å². The summed E-state index contributed by atoms with van der Waals surface area (Å²) in [6, 6.07) is 0. The molecule has 0 aliphatic heterocycles. The van der Waals surface area contributed by atoms with Crippen LogP contribution in [0.3, 0.4) is 0 Å². The minimum Gasteiger partial charge on any atom is -0.392 e. The quantitative estimate of drug-likeness (QED) is 0.753. The number of hydrogen-bond donors (Lipinski definition) is 3. The summed E-state index contributed by atoms with van der Waals surface area (Å²) in [4.78, 5) is 0. The molecule has 19 heavy (non-hydrogen) atoms. The zero-order valence-electron chi connectivity index (χ0n) is 11.1. The van der Waals surface area contributed by atoms with E-state index in [2.05, 4.69) is 21.8 Å². The van der Waals surface area contributed by atoms with Gasteiger partial charge in [0.2, 0.25) is 0 Å². The summed E-state index contributed by atoms with van der Waals surface area (Å²) in [6.07, 6.45) is 5.87. The lowest BCUT2D eigenvalue weighted by Gasteiger charge is -2.26. The van der Waals surface area contributed by atoms with Gasteiger partial charge in [0.05, 0.1) is 12.8 Å². The van der Waals surface area contributed by atoms with Crippen molar-refractivity contribution in [2.45, 2.75) is 44.2 Å². The lowest BCUT2D eigenvalue weighted by Crippen LogP contribution is -2.32. The molecule has 0 saturated heterocycles. The molecule has 0 spiro atoms. The minimum absolute atomic E-state index is 0.0288. The van der Waals surface area contributed by atoms with Crippen LogP contribution >= 0.6 is 0 Å². The van der Waals surface area contributed by atoms with Crippen LogP contribution < -0.4 is 4.72 Å². The highest BCUT2D eigenvalue weighted by molar-refractivity contribution is 7.89. The fourth-order valence-corrected chi connectivity index (χ4v) is 3.92. The average molecular weight is 287 g/mol. The molecule has 1 aliphatic carbocycles. The monoisotopic (exact) mass is 287 g/mol. The molecule has 1 heterocycles. The molecule has 1 saturated carbocycles. The summed E-state index contributed by atoms with van der Waals surface area (Å²) in [6.45, 7) is 2.32. The summed E-state index contributed by atoms with van der Waals surface area (Å²) >= 11 is 0. The molecule has 6 nitrogen and oxygen atoms in total. The molecule has 0 amide bonds. The second-order valence-corrected chi connectivity index (χ2v) is 7.08. The van der Waals surface area contributed by atoms with E-state index in [1.807, 2.05) is 0 Å². The highest BCUT2D eigenvalue weighted by Gasteiger charge is 2.24. The highest BCUT2D eigenvalue weighted by atomic mass is 32.2. The Morgan fingerprint density at radius 1 is 1.53 bits per heavy atom. The van der Waals surface area contributed by atoms with Crippen molar-refractivity contribution >= 4 is 10.0 Å². The molecule has 0 bridgehead atoms. The Hall–Kier alpha value is -0.920. The normalized spacial score (nSPS) is 24.5. The van der Waals surface area contributed by atoms with E-state index in [9.17, 15) is 8.42 Å². The molecule has 2 rings (SSSR count). The molecular weight excluding hydrogens is 266 g/mol. The van der Waals surface area contributed by atoms with E-state index in [-0.39, 0.29) is 11.6 Å². The summed E-state index contributed by atoms with van der Waals surface area (Å²) in [5.74, 6) is 1.07. The largest absolute Gasteiger partial charge is 0.392 e. The van der Waals surface area contributed by atoms with Gasteiger partial charge in [-0.3, -0.25) is 5.10 Å². The predicted molar refractivity (Wildman–Crippen MR) is 70.8 cm³/mol. The van der Waals surface area contributed by atoms with Gasteiger partial charge < -0.3 is 5.11 Å². The van der Waals surface area contributed by atoms with Gasteiger partial charge in [0, 0.05) is 12.1 Å². The van der Waals surface area contributed by atoms with Crippen molar-refractivity contribution in [2.24, 2.45) is 11.8 Å². The lowest BCUT2D eigenvalue weighted by atomic mass is 9.83. The molecule has 7 heteroatoms. The third-order valence-corrected chi connectivity index (χ3v) is 5.16. The van der Waals surface area contributed by atoms with Crippen LogP contribution in [0.5, 0.6) is 0 Å². The summed E-state index contributed by atoms with van der Waals surface area (Å²) in [5.41, 5.74) is 0.296. The number of aliphatic hydroxyl groups excluding tert-OH is 1. The number of aromatic amines is 1. The van der Waals surface area contributed by atoms with E-state index in [1.165, 1.54) is 19.0 Å². The molecule has 1 aromatic heterocycles. The first-order valence-corrected chi connectivity index (χ1v) is 8.14. The summed E-state index contributed by atoms with van der Waals surface area (Å²) < 4.78 is 26.8. The fraction of sp³-hybridized carbons (Fsp3) is 0.750. The average Bonchev–Trinajstić information content (AvgIpc) is 2.86. The van der Waals surface area contributed by atoms with E-state index in [4.69, 9.17) is 5.11 Å². The van der Waals surface area contributed by atoms with Crippen molar-refractivity contribution in [3.63, 3.8) is 0 Å². The third-order valence-electron chi connectivity index (χ3n) is 3.72. The van der Waals surface area contributed by atoms with Gasteiger partial charge in [-0.05, 0) is 24.7 Å². The van der Waals surface area contributed by atoms with Crippen molar-refractivity contribution in [1.82, 2.24) is 14.9 Å². The van der Waals surface area contributed by atoms with Crippen LogP contribution in [0, 0.1) is 11.8 Å². The van der Waals surface area contributed by atoms with Gasteiger partial charge in [0.15, 0.2) is 5.03 Å². The Morgan fingerprint density at radius 3 is 3.00 bits per heavy atom. The smallest absolute Gasteiger partial charge is 0.257 e. The Balaban J connectivity index is 1.98. The predicted octanol–water partition coefficient (Wildman–Crippen LogP) is 1.01. The van der Waals surface area contributed by atoms with Crippen molar-refractivity contribution < 1.29 is 13.5 Å². The maximum atomic E-state index is 12.1. The number of sulfonamides is 1. The number of hydrogen-bond acceptors (Lipinski definition) is 4. The van der Waals surface area contributed by atoms with Crippen molar-refractivity contribution in [2.75, 3.05) is 6.54 Å². The van der Waals surface area contributed by atoms with Gasteiger partial charge in [-0.2, -0.15) is 5.10 Å². The zero-order chi connectivity index (χ0) is 13.9. The molecule has 1 aliphatic rings. The van der Waals surface area contributed by atoms with Gasteiger partial charge in [-0.15, -0.1) is 0 Å². The maximum Gasteiger partial charge on any atom is 0.257 e. The van der Waals surface area contributed by atoms with Gasteiger partial charge >= 0.3 is 0 Å². The first-order valence-electron chi connectivity index (χ1n) is 6.65. The lowest BCUT2D eigenvalue weighted by molar-refractivity contribution is 0.277. The number of aliphatic hydroxyl groups is 1. The molecule has 2 unspecified atom stereocenters. The van der Waals surface area contributed by atoms with Crippen molar-refractivity contribution in [1.29, 1.82) is 0 Å². The van der Waals surface area contributed by atoms with Crippen LogP contribution in [-0.4, -0.2) is 30.3 Å². The maximum absolute atomic E-state index is 12.1. The highest BCUT2D eigenvalue weighted by Crippen LogP contribution is 2.28. The molecular formula is C12H21N3O3S. The van der Waals surface area contributed by atoms with Crippen LogP contribution in [0.2, 0.25) is 0 Å². The number of aromatic nitrogens is 2. The van der Waals surface area contributed by atoms with E-state index >= 15 is 0 Å². The number of rotatable bonds is 5. The summed E-state index contributed by atoms with van der Waals surface area (Å²) in [5, 5.41) is 15.1. The van der Waals surface area contributed by atoms with Gasteiger partial charge in [0.1, 0.15) is 0 Å². The molecule has 1 fully saturated rings. The third kappa shape index (κ3) is 3.55. The molecule has 2 atom stereocenters. The Kier molecular flexibility index (Phi) is 4.59. The Labute approximate surface area is 113 Å². The fourth-order valence-electron chi connectivity index (χ4n) is 2.69. The van der Waals surface area contributed by atoms with Gasteiger partial charge in [0.25, 0.3) is 10.0 Å². The second kappa shape index (κ2) is 6.02. The Bertz CT molecular complexity index is 512. The van der Waals surface area contributed by atoms with Crippen LogP contribution in [0.25, 0.3) is 0 Å². The SMILES string of the molecule is CC1CCCC(CNS(=O)(=O)c2[nH]ncc2CO)C1. The summed E-state index contributed by atoms with van der Waals surface area (Å²) in [7, 11) is -3.60. The topological polar surface area (TPSA) is 95.1 Å². The first-order chi connectivity index (χ1) is 9.03. The van der Waals surface area contributed by atoms with Crippen LogP contribution in [0.15, 0.2) is 11.2 Å². The Morgan fingerprint density at radius 2 is 2.32 bits per heavy atom. The van der Waals surface area contributed by atoms with Crippen molar-refractivity contribution in [3.05, 3.63) is 11.8 Å². The molecule has 0 aromatic carbocycles. The standard InChI is InChI=1S/C12H21N3O3S/c1-9-3-2-4-10(5-9)6-14-19(17,18)12-11(8-16)7-13-15-12/h7,9-10,14,16H,2-6,8H2,1H3,(H,13,15). The molecule has 3 N–H and O–H groups in total. The molecule has 0 radical (unpaired) electrons. The van der Waals surface area contributed by atoms with E-state index in [0.717, 1.165) is 12.8 Å². The second-order valence-electron chi connectivity index (χ2n) is 5.37. The minimum atomic E-state index is -3.60. The first kappa shape index (κ1) is 14.5. The van der Waals surface area contributed by atoms with Crippen LogP contribution in [-0.2, 0) is 16.6 Å². The van der Waals surface area contributed by atoms with Crippen LogP contribution in [0.1, 0.15) is 38.2 Å². The van der Waals surface area contributed by atoms with E-state index in [0.29, 0.717) is 23.9 Å². The number of H-pyrrole nitrogens is 1. The number of nitrogens with zero attached hydrogens (tertiary/aromatic N) is 1. The molecule has 108 valence electrons. The zero-order valence-corrected chi connectivity index (χ0v) is 11.9. The number of nitrogens with one attached hydrogen (secondary N) is 2. The van der Waals surface area contributed by atoms with E-state index in [1.54, 1.807) is 0 Å². The van der Waals surface area contributed by atoms with Crippen molar-refractivity contribution in [3.8, 4) is 0 Å². The van der Waals surface area contributed by atoms with Gasteiger partial charge in [-0.1, -0.05) is 19.8 Å². The molecule has 1 aromatic rings. The van der Waals surface area contributed by atoms with Crippen LogP contribution in [0.4, 0.5) is 0 Å².